The van der Waals surface area contributed by atoms with Gasteiger partial charge in [-0.1, -0.05) is 30.7 Å². The molecule has 5 heteroatoms. The minimum absolute atomic E-state index is 0.116. The van der Waals surface area contributed by atoms with Crippen molar-refractivity contribution in [3.63, 3.8) is 0 Å². The van der Waals surface area contributed by atoms with E-state index in [9.17, 15) is 4.79 Å². The summed E-state index contributed by atoms with van der Waals surface area (Å²) in [7, 11) is 0. The summed E-state index contributed by atoms with van der Waals surface area (Å²) in [5.74, 6) is -0.116. The molecule has 0 fully saturated rings. The highest BCUT2D eigenvalue weighted by atomic mass is 35.5. The van der Waals surface area contributed by atoms with Crippen LogP contribution in [0, 0.1) is 0 Å². The van der Waals surface area contributed by atoms with Crippen LogP contribution in [-0.2, 0) is 6.42 Å². The second-order valence-electron chi connectivity index (χ2n) is 5.02. The van der Waals surface area contributed by atoms with Gasteiger partial charge in [0.2, 0.25) is 0 Å². The van der Waals surface area contributed by atoms with E-state index in [4.69, 9.17) is 11.6 Å². The largest absolute Gasteiger partial charge is 0.384 e. The van der Waals surface area contributed by atoms with Gasteiger partial charge in [0.25, 0.3) is 5.91 Å². The van der Waals surface area contributed by atoms with Crippen LogP contribution in [0.3, 0.4) is 0 Å². The van der Waals surface area contributed by atoms with Crippen LogP contribution in [0.4, 0.5) is 5.69 Å². The van der Waals surface area contributed by atoms with Crippen molar-refractivity contribution in [2.24, 2.45) is 0 Å². The molecule has 4 nitrogen and oxygen atoms in total. The summed E-state index contributed by atoms with van der Waals surface area (Å²) < 4.78 is 0. The monoisotopic (exact) mass is 317 g/mol. The fraction of sp³-hybridized carbons (Fsp3) is 0.294. The van der Waals surface area contributed by atoms with E-state index in [1.165, 1.54) is 0 Å². The van der Waals surface area contributed by atoms with Crippen molar-refractivity contribution in [2.45, 2.75) is 19.8 Å². The highest BCUT2D eigenvalue weighted by Crippen LogP contribution is 2.11. The maximum Gasteiger partial charge on any atom is 0.252 e. The summed E-state index contributed by atoms with van der Waals surface area (Å²) >= 11 is 5.94. The van der Waals surface area contributed by atoms with Gasteiger partial charge in [-0.05, 0) is 36.6 Å². The molecule has 0 unspecified atom stereocenters. The number of carbonyl (C=O) groups excluding carboxylic acids is 1. The number of rotatable bonds is 7. The van der Waals surface area contributed by atoms with E-state index in [-0.39, 0.29) is 5.91 Å². The Labute approximate surface area is 135 Å². The Kier molecular flexibility index (Phi) is 6.22. The molecule has 1 heterocycles. The van der Waals surface area contributed by atoms with E-state index in [2.05, 4.69) is 22.5 Å². The van der Waals surface area contributed by atoms with Crippen LogP contribution in [0.2, 0.25) is 5.02 Å². The number of benzene rings is 1. The van der Waals surface area contributed by atoms with Crippen LogP contribution >= 0.6 is 11.6 Å². The highest BCUT2D eigenvalue weighted by molar-refractivity contribution is 6.30. The number of halogens is 1. The lowest BCUT2D eigenvalue weighted by Crippen LogP contribution is -2.25. The zero-order chi connectivity index (χ0) is 15.8. The summed E-state index contributed by atoms with van der Waals surface area (Å²) in [4.78, 5) is 16.2. The zero-order valence-corrected chi connectivity index (χ0v) is 13.4. The van der Waals surface area contributed by atoms with Crippen LogP contribution in [-0.4, -0.2) is 24.0 Å². The van der Waals surface area contributed by atoms with Gasteiger partial charge in [-0.3, -0.25) is 9.78 Å². The summed E-state index contributed by atoms with van der Waals surface area (Å²) in [5.41, 5.74) is 2.53. The van der Waals surface area contributed by atoms with Gasteiger partial charge in [-0.2, -0.15) is 0 Å². The molecule has 0 spiro atoms. The standard InChI is InChI=1S/C17H20ClN3O/c1-2-7-20-16-10-14(11-19-12-16)17(22)21-8-6-13-4-3-5-15(18)9-13/h3-5,9-12,20H,2,6-8H2,1H3,(H,21,22). The first kappa shape index (κ1) is 16.3. The van der Waals surface area contributed by atoms with Gasteiger partial charge in [0.1, 0.15) is 0 Å². The first-order valence-corrected chi connectivity index (χ1v) is 7.78. The number of hydrogen-bond acceptors (Lipinski definition) is 3. The maximum absolute atomic E-state index is 12.1. The number of carbonyl (C=O) groups is 1. The molecule has 0 aliphatic heterocycles. The summed E-state index contributed by atoms with van der Waals surface area (Å²) in [5, 5.41) is 6.83. The van der Waals surface area contributed by atoms with Crippen LogP contribution in [0.5, 0.6) is 0 Å². The van der Waals surface area contributed by atoms with Gasteiger partial charge in [0, 0.05) is 30.5 Å². The molecule has 1 aromatic carbocycles. The molecule has 116 valence electrons. The number of nitrogens with one attached hydrogen (secondary N) is 2. The van der Waals surface area contributed by atoms with E-state index in [0.29, 0.717) is 17.1 Å². The second-order valence-corrected chi connectivity index (χ2v) is 5.46. The van der Waals surface area contributed by atoms with Gasteiger partial charge >= 0.3 is 0 Å². The second kappa shape index (κ2) is 8.39. The fourth-order valence-corrected chi connectivity index (χ4v) is 2.26. The minimum atomic E-state index is -0.116. The van der Waals surface area contributed by atoms with Crippen LogP contribution < -0.4 is 10.6 Å². The van der Waals surface area contributed by atoms with E-state index >= 15 is 0 Å². The molecule has 1 amide bonds. The third kappa shape index (κ3) is 5.04. The molecule has 22 heavy (non-hydrogen) atoms. The van der Waals surface area contributed by atoms with Gasteiger partial charge in [-0.15, -0.1) is 0 Å². The number of hydrogen-bond donors (Lipinski definition) is 2. The van der Waals surface area contributed by atoms with Crippen molar-refractivity contribution in [3.05, 3.63) is 58.9 Å². The molecule has 1 aromatic heterocycles. The number of aromatic nitrogens is 1. The summed E-state index contributed by atoms with van der Waals surface area (Å²) in [6.07, 6.45) is 5.06. The van der Waals surface area contributed by atoms with Gasteiger partial charge in [-0.25, -0.2) is 0 Å². The lowest BCUT2D eigenvalue weighted by Gasteiger charge is -2.08. The SMILES string of the molecule is CCCNc1cncc(C(=O)NCCc2cccc(Cl)c2)c1. The molecule has 2 N–H and O–H groups in total. The quantitative estimate of drug-likeness (QED) is 0.821. The molecular formula is C17H20ClN3O. The smallest absolute Gasteiger partial charge is 0.252 e. The lowest BCUT2D eigenvalue weighted by atomic mass is 10.1. The van der Waals surface area contributed by atoms with E-state index < -0.39 is 0 Å². The Morgan fingerprint density at radius 1 is 1.23 bits per heavy atom. The third-order valence-corrected chi connectivity index (χ3v) is 3.40. The predicted octanol–water partition coefficient (Wildman–Crippen LogP) is 3.53. The van der Waals surface area contributed by atoms with Crippen molar-refractivity contribution < 1.29 is 4.79 Å². The molecular weight excluding hydrogens is 298 g/mol. The first-order chi connectivity index (χ1) is 10.7. The molecule has 0 saturated carbocycles. The molecule has 0 atom stereocenters. The van der Waals surface area contributed by atoms with Crippen molar-refractivity contribution >= 4 is 23.2 Å². The Bertz CT molecular complexity index is 631. The zero-order valence-electron chi connectivity index (χ0n) is 12.6. The Balaban J connectivity index is 1.86. The molecule has 0 bridgehead atoms. The summed E-state index contributed by atoms with van der Waals surface area (Å²) in [6, 6.07) is 9.47. The average molecular weight is 318 g/mol. The van der Waals surface area contributed by atoms with Crippen molar-refractivity contribution in [1.82, 2.24) is 10.3 Å². The van der Waals surface area contributed by atoms with E-state index in [0.717, 1.165) is 30.6 Å². The lowest BCUT2D eigenvalue weighted by molar-refractivity contribution is 0.0954. The molecule has 2 rings (SSSR count). The van der Waals surface area contributed by atoms with Crippen molar-refractivity contribution in [3.8, 4) is 0 Å². The molecule has 0 saturated heterocycles. The fourth-order valence-electron chi connectivity index (χ4n) is 2.05. The van der Waals surface area contributed by atoms with Gasteiger partial charge < -0.3 is 10.6 Å². The van der Waals surface area contributed by atoms with Crippen molar-refractivity contribution in [1.29, 1.82) is 0 Å². The third-order valence-electron chi connectivity index (χ3n) is 3.17. The molecule has 0 aliphatic rings. The van der Waals surface area contributed by atoms with Crippen LogP contribution in [0.25, 0.3) is 0 Å². The van der Waals surface area contributed by atoms with Crippen molar-refractivity contribution in [2.75, 3.05) is 18.4 Å². The molecule has 0 radical (unpaired) electrons. The maximum atomic E-state index is 12.1. The van der Waals surface area contributed by atoms with Gasteiger partial charge in [0.05, 0.1) is 11.3 Å². The van der Waals surface area contributed by atoms with Crippen LogP contribution in [0.1, 0.15) is 29.3 Å². The predicted molar refractivity (Wildman–Crippen MR) is 90.5 cm³/mol. The Hall–Kier alpha value is -2.07. The van der Waals surface area contributed by atoms with E-state index in [1.807, 2.05) is 30.3 Å². The number of pyridine rings is 1. The summed E-state index contributed by atoms with van der Waals surface area (Å²) in [6.45, 7) is 3.51. The number of amides is 1. The van der Waals surface area contributed by atoms with Gasteiger partial charge in [0.15, 0.2) is 0 Å². The number of nitrogens with zero attached hydrogens (tertiary/aromatic N) is 1. The van der Waals surface area contributed by atoms with E-state index in [1.54, 1.807) is 12.4 Å². The Morgan fingerprint density at radius 3 is 2.86 bits per heavy atom. The normalized spacial score (nSPS) is 10.3. The molecule has 2 aromatic rings. The van der Waals surface area contributed by atoms with Crippen LogP contribution in [0.15, 0.2) is 42.7 Å². The molecule has 0 aliphatic carbocycles. The minimum Gasteiger partial charge on any atom is -0.384 e. The topological polar surface area (TPSA) is 54.0 Å². The number of anilines is 1. The first-order valence-electron chi connectivity index (χ1n) is 7.40. The Morgan fingerprint density at radius 2 is 2.09 bits per heavy atom. The average Bonchev–Trinajstić information content (AvgIpc) is 2.53. The highest BCUT2D eigenvalue weighted by Gasteiger charge is 2.06.